The molecular weight excluding hydrogens is 322 g/mol. The minimum atomic E-state index is -0.418. The van der Waals surface area contributed by atoms with Crippen molar-refractivity contribution >= 4 is 22.3 Å². The van der Waals surface area contributed by atoms with Crippen LogP contribution >= 0.6 is 11.3 Å². The van der Waals surface area contributed by atoms with Crippen LogP contribution in [0.2, 0.25) is 0 Å². The molecule has 0 aromatic carbocycles. The molecule has 0 bridgehead atoms. The lowest BCUT2D eigenvalue weighted by Gasteiger charge is -2.39. The van der Waals surface area contributed by atoms with E-state index in [1.54, 1.807) is 0 Å². The van der Waals surface area contributed by atoms with Gasteiger partial charge in [0.05, 0.1) is 17.7 Å². The molecule has 6 heteroatoms. The molecule has 24 heavy (non-hydrogen) atoms. The van der Waals surface area contributed by atoms with Gasteiger partial charge in [0.2, 0.25) is 0 Å². The maximum absolute atomic E-state index is 12.0. The predicted octanol–water partition coefficient (Wildman–Crippen LogP) is 3.41. The summed E-state index contributed by atoms with van der Waals surface area (Å²) in [6.07, 6.45) is 4.66. The van der Waals surface area contributed by atoms with Gasteiger partial charge in [-0.2, -0.15) is 5.26 Å². The molecule has 1 aromatic heterocycles. The molecule has 5 nitrogen and oxygen atoms in total. The summed E-state index contributed by atoms with van der Waals surface area (Å²) in [6, 6.07) is 3.29. The second-order valence-electron chi connectivity index (χ2n) is 6.55. The number of thiophene rings is 1. The van der Waals surface area contributed by atoms with Crippen LogP contribution in [0, 0.1) is 18.3 Å². The molecule has 0 saturated heterocycles. The zero-order valence-electron chi connectivity index (χ0n) is 15.3. The Morgan fingerprint density at radius 1 is 1.29 bits per heavy atom. The first-order chi connectivity index (χ1) is 11.4. The monoisotopic (exact) mass is 349 g/mol. The number of anilines is 1. The van der Waals surface area contributed by atoms with E-state index in [1.807, 2.05) is 6.92 Å². The van der Waals surface area contributed by atoms with Crippen LogP contribution in [-0.2, 0) is 4.74 Å². The second kappa shape index (κ2) is 8.00. The standard InChI is InChI=1S/C18H27N3O2S/c1-6-21(14-9-7-13(8-10-14)20(3)4)17-12(2)16(18(22)23-5)15(11-19)24-17/h13-14H,6-10H2,1-5H3. The van der Waals surface area contributed by atoms with Gasteiger partial charge in [0.1, 0.15) is 10.9 Å². The topological polar surface area (TPSA) is 56.6 Å². The second-order valence-corrected chi connectivity index (χ2v) is 7.55. The Bertz CT molecular complexity index is 625. The molecule has 1 aliphatic carbocycles. The highest BCUT2D eigenvalue weighted by Crippen LogP contribution is 2.39. The summed E-state index contributed by atoms with van der Waals surface area (Å²) in [4.78, 5) is 17.2. The summed E-state index contributed by atoms with van der Waals surface area (Å²) >= 11 is 1.42. The number of rotatable bonds is 5. The lowest BCUT2D eigenvalue weighted by Crippen LogP contribution is -2.42. The molecule has 0 unspecified atom stereocenters. The summed E-state index contributed by atoms with van der Waals surface area (Å²) in [5.41, 5.74) is 1.31. The number of methoxy groups -OCH3 is 1. The Morgan fingerprint density at radius 3 is 2.33 bits per heavy atom. The third-order valence-electron chi connectivity index (χ3n) is 5.05. The molecule has 1 aromatic rings. The fraction of sp³-hybridized carbons (Fsp3) is 0.667. The summed E-state index contributed by atoms with van der Waals surface area (Å²) in [6.45, 7) is 4.94. The molecule has 1 fully saturated rings. The van der Waals surface area contributed by atoms with Gasteiger partial charge in [0.15, 0.2) is 0 Å². The fourth-order valence-corrected chi connectivity index (χ4v) is 4.88. The highest BCUT2D eigenvalue weighted by molar-refractivity contribution is 7.17. The lowest BCUT2D eigenvalue weighted by atomic mass is 9.89. The predicted molar refractivity (Wildman–Crippen MR) is 97.9 cm³/mol. The van der Waals surface area contributed by atoms with E-state index in [4.69, 9.17) is 4.74 Å². The van der Waals surface area contributed by atoms with Gasteiger partial charge < -0.3 is 14.5 Å². The van der Waals surface area contributed by atoms with Gasteiger partial charge in [0, 0.05) is 18.6 Å². The van der Waals surface area contributed by atoms with Crippen LogP contribution in [0.25, 0.3) is 0 Å². The van der Waals surface area contributed by atoms with Crippen molar-refractivity contribution in [3.63, 3.8) is 0 Å². The van der Waals surface area contributed by atoms with E-state index in [1.165, 1.54) is 31.3 Å². The van der Waals surface area contributed by atoms with Crippen molar-refractivity contribution in [1.29, 1.82) is 5.26 Å². The van der Waals surface area contributed by atoms with Crippen molar-refractivity contribution in [3.8, 4) is 6.07 Å². The largest absolute Gasteiger partial charge is 0.465 e. The van der Waals surface area contributed by atoms with Gasteiger partial charge in [-0.1, -0.05) is 0 Å². The molecule has 0 radical (unpaired) electrons. The van der Waals surface area contributed by atoms with Crippen LogP contribution in [0.5, 0.6) is 0 Å². The van der Waals surface area contributed by atoms with Crippen molar-refractivity contribution in [3.05, 3.63) is 16.0 Å². The minimum absolute atomic E-state index is 0.418. The first-order valence-corrected chi connectivity index (χ1v) is 9.31. The number of hydrogen-bond acceptors (Lipinski definition) is 6. The minimum Gasteiger partial charge on any atom is -0.465 e. The van der Waals surface area contributed by atoms with Gasteiger partial charge in [-0.15, -0.1) is 11.3 Å². The SMILES string of the molecule is CCN(c1sc(C#N)c(C(=O)OC)c1C)C1CCC(N(C)C)CC1. The maximum Gasteiger partial charge on any atom is 0.340 e. The third-order valence-corrected chi connectivity index (χ3v) is 6.29. The van der Waals surface area contributed by atoms with E-state index in [2.05, 4.69) is 36.9 Å². The van der Waals surface area contributed by atoms with E-state index in [9.17, 15) is 10.1 Å². The van der Waals surface area contributed by atoms with Crippen LogP contribution in [0.4, 0.5) is 5.00 Å². The van der Waals surface area contributed by atoms with E-state index in [0.717, 1.165) is 30.0 Å². The summed E-state index contributed by atoms with van der Waals surface area (Å²) in [5.74, 6) is -0.418. The van der Waals surface area contributed by atoms with Crippen molar-refractivity contribution in [2.75, 3.05) is 32.6 Å². The lowest BCUT2D eigenvalue weighted by molar-refractivity contribution is 0.0600. The Kier molecular flexibility index (Phi) is 6.25. The molecule has 0 atom stereocenters. The molecule has 1 saturated carbocycles. The van der Waals surface area contributed by atoms with Gasteiger partial charge in [-0.3, -0.25) is 0 Å². The summed E-state index contributed by atoms with van der Waals surface area (Å²) in [5, 5.41) is 10.4. The smallest absolute Gasteiger partial charge is 0.340 e. The van der Waals surface area contributed by atoms with Crippen LogP contribution in [0.1, 0.15) is 53.4 Å². The number of ether oxygens (including phenoxy) is 1. The van der Waals surface area contributed by atoms with Crippen LogP contribution in [0.15, 0.2) is 0 Å². The third kappa shape index (κ3) is 3.57. The summed E-state index contributed by atoms with van der Waals surface area (Å²) in [7, 11) is 5.65. The quantitative estimate of drug-likeness (QED) is 0.763. The van der Waals surface area contributed by atoms with E-state index >= 15 is 0 Å². The van der Waals surface area contributed by atoms with E-state index in [-0.39, 0.29) is 0 Å². The van der Waals surface area contributed by atoms with Crippen molar-refractivity contribution in [2.45, 2.75) is 51.6 Å². The number of hydrogen-bond donors (Lipinski definition) is 0. The average molecular weight is 350 g/mol. The summed E-state index contributed by atoms with van der Waals surface area (Å²) < 4.78 is 4.86. The Morgan fingerprint density at radius 2 is 1.88 bits per heavy atom. The number of carbonyl (C=O) groups excluding carboxylic acids is 1. The molecule has 0 spiro atoms. The highest BCUT2D eigenvalue weighted by atomic mass is 32.1. The van der Waals surface area contributed by atoms with Crippen molar-refractivity contribution in [2.24, 2.45) is 0 Å². The van der Waals surface area contributed by atoms with Gasteiger partial charge >= 0.3 is 5.97 Å². The number of esters is 1. The van der Waals surface area contributed by atoms with E-state index in [0.29, 0.717) is 22.5 Å². The first kappa shape index (κ1) is 18.8. The average Bonchev–Trinajstić information content (AvgIpc) is 2.92. The van der Waals surface area contributed by atoms with Gasteiger partial charge in [0.25, 0.3) is 0 Å². The zero-order chi connectivity index (χ0) is 17.9. The number of carbonyl (C=O) groups is 1. The van der Waals surface area contributed by atoms with Crippen molar-refractivity contribution in [1.82, 2.24) is 4.90 Å². The zero-order valence-corrected chi connectivity index (χ0v) is 16.1. The molecule has 132 valence electrons. The molecular formula is C18H27N3O2S. The molecule has 0 amide bonds. The van der Waals surface area contributed by atoms with Crippen LogP contribution in [0.3, 0.4) is 0 Å². The van der Waals surface area contributed by atoms with Crippen molar-refractivity contribution < 1.29 is 9.53 Å². The Labute approximate surface area is 148 Å². The normalized spacial score (nSPS) is 20.7. The molecule has 2 rings (SSSR count). The fourth-order valence-electron chi connectivity index (χ4n) is 3.66. The highest BCUT2D eigenvalue weighted by Gasteiger charge is 2.30. The first-order valence-electron chi connectivity index (χ1n) is 8.49. The molecule has 0 N–H and O–H groups in total. The Balaban J connectivity index is 2.27. The van der Waals surface area contributed by atoms with Crippen LogP contribution < -0.4 is 4.90 Å². The van der Waals surface area contributed by atoms with Crippen LogP contribution in [-0.4, -0.2) is 50.7 Å². The Hall–Kier alpha value is -1.58. The van der Waals surface area contributed by atoms with E-state index < -0.39 is 5.97 Å². The van der Waals surface area contributed by atoms with Gasteiger partial charge in [-0.25, -0.2) is 4.79 Å². The maximum atomic E-state index is 12.0. The molecule has 1 aliphatic rings. The molecule has 0 aliphatic heterocycles. The number of nitrogens with zero attached hydrogens (tertiary/aromatic N) is 3. The van der Waals surface area contributed by atoms with Gasteiger partial charge in [-0.05, 0) is 59.2 Å². The molecule has 1 heterocycles. The number of nitriles is 1.